The summed E-state index contributed by atoms with van der Waals surface area (Å²) in [5, 5.41) is 11.4. The molecule has 1 aliphatic rings. The number of carbonyl (C=O) groups excluding carboxylic acids is 3. The monoisotopic (exact) mass is 480 g/mol. The average molecular weight is 481 g/mol. The number of ether oxygens (including phenoxy) is 1. The zero-order valence-electron chi connectivity index (χ0n) is 19.5. The molecule has 1 aliphatic heterocycles. The van der Waals surface area contributed by atoms with Crippen LogP contribution < -0.4 is 4.90 Å². The highest BCUT2D eigenvalue weighted by molar-refractivity contribution is 7.17. The molecule has 8 nitrogen and oxygen atoms in total. The molecule has 0 spiro atoms. The zero-order chi connectivity index (χ0) is 24.7. The second-order valence-electron chi connectivity index (χ2n) is 8.07. The van der Waals surface area contributed by atoms with Gasteiger partial charge in [-0.1, -0.05) is 29.0 Å². The Morgan fingerprint density at radius 1 is 1.18 bits per heavy atom. The van der Waals surface area contributed by atoms with Crippen molar-refractivity contribution in [3.05, 3.63) is 74.7 Å². The Morgan fingerprint density at radius 2 is 1.91 bits per heavy atom. The molecule has 1 atom stereocenters. The van der Waals surface area contributed by atoms with Gasteiger partial charge < -0.3 is 14.3 Å². The van der Waals surface area contributed by atoms with Crippen molar-refractivity contribution in [2.45, 2.75) is 40.7 Å². The minimum atomic E-state index is -1.05. The van der Waals surface area contributed by atoms with E-state index in [4.69, 9.17) is 9.15 Å². The summed E-state index contributed by atoms with van der Waals surface area (Å²) in [6.07, 6.45) is 0. The fourth-order valence-corrected chi connectivity index (χ4v) is 4.89. The van der Waals surface area contributed by atoms with Crippen molar-refractivity contribution in [3.63, 3.8) is 0 Å². The Morgan fingerprint density at radius 3 is 2.56 bits per heavy atom. The number of esters is 1. The molecule has 2 aromatic heterocycles. The van der Waals surface area contributed by atoms with Crippen LogP contribution in [0.15, 0.2) is 40.3 Å². The number of hydrogen-bond acceptors (Lipinski definition) is 8. The van der Waals surface area contributed by atoms with Gasteiger partial charge in [0.2, 0.25) is 0 Å². The standard InChI is InChI=1S/C25H24N2O6S/c1-6-32-24(31)22-15(5)26-25(34-22)27-19(17-10-9-14(4)33-17)18(21(29)23(27)30)20(28)16-11-12(2)7-8-13(16)3/h7-11,19,28H,6H2,1-5H3/t19-/m0/s1. The highest BCUT2D eigenvalue weighted by atomic mass is 32.1. The summed E-state index contributed by atoms with van der Waals surface area (Å²) in [6, 6.07) is 7.81. The number of thiazole rings is 1. The van der Waals surface area contributed by atoms with Gasteiger partial charge >= 0.3 is 11.9 Å². The molecule has 0 bridgehead atoms. The second-order valence-corrected chi connectivity index (χ2v) is 9.04. The number of aryl methyl sites for hydroxylation is 4. The molecule has 1 fully saturated rings. The summed E-state index contributed by atoms with van der Waals surface area (Å²) in [5.41, 5.74) is 2.37. The lowest BCUT2D eigenvalue weighted by Crippen LogP contribution is -2.29. The number of carbonyl (C=O) groups is 3. The SMILES string of the molecule is CCOC(=O)c1sc(N2C(=O)C(=O)C(=C(O)c3cc(C)ccc3C)[C@@H]2c2ccc(C)o2)nc1C. The summed E-state index contributed by atoms with van der Waals surface area (Å²) in [6.45, 7) is 8.94. The van der Waals surface area contributed by atoms with Gasteiger partial charge in [-0.25, -0.2) is 9.78 Å². The summed E-state index contributed by atoms with van der Waals surface area (Å²) < 4.78 is 10.9. The van der Waals surface area contributed by atoms with Crippen LogP contribution >= 0.6 is 11.3 Å². The van der Waals surface area contributed by atoms with E-state index in [9.17, 15) is 19.5 Å². The average Bonchev–Trinajstić information content (AvgIpc) is 3.46. The smallest absolute Gasteiger partial charge is 0.350 e. The number of anilines is 1. The van der Waals surface area contributed by atoms with Crippen LogP contribution in [0, 0.1) is 27.7 Å². The maximum atomic E-state index is 13.3. The van der Waals surface area contributed by atoms with Gasteiger partial charge in [-0.2, -0.15) is 0 Å². The van der Waals surface area contributed by atoms with Crippen molar-refractivity contribution in [1.82, 2.24) is 4.98 Å². The molecule has 1 N–H and O–H groups in total. The molecule has 9 heteroatoms. The molecular weight excluding hydrogens is 456 g/mol. The first-order chi connectivity index (χ1) is 16.1. The highest BCUT2D eigenvalue weighted by Gasteiger charge is 2.50. The third-order valence-corrected chi connectivity index (χ3v) is 6.71. The van der Waals surface area contributed by atoms with Crippen LogP contribution in [0.1, 0.15) is 56.5 Å². The number of Topliss-reactive ketones (excluding diaryl/α,β-unsaturated/α-hetero) is 1. The predicted octanol–water partition coefficient (Wildman–Crippen LogP) is 4.77. The Bertz CT molecular complexity index is 1350. The van der Waals surface area contributed by atoms with Crippen LogP contribution in [0.4, 0.5) is 5.13 Å². The Hall–Kier alpha value is -3.72. The predicted molar refractivity (Wildman–Crippen MR) is 127 cm³/mol. The second kappa shape index (κ2) is 8.90. The minimum Gasteiger partial charge on any atom is -0.507 e. The zero-order valence-corrected chi connectivity index (χ0v) is 20.3. The van der Waals surface area contributed by atoms with Crippen molar-refractivity contribution >= 4 is 39.9 Å². The summed E-state index contributed by atoms with van der Waals surface area (Å²) >= 11 is 0.952. The molecule has 3 aromatic rings. The molecule has 0 aliphatic carbocycles. The summed E-state index contributed by atoms with van der Waals surface area (Å²) in [7, 11) is 0. The summed E-state index contributed by atoms with van der Waals surface area (Å²) in [5.74, 6) is -1.69. The lowest BCUT2D eigenvalue weighted by molar-refractivity contribution is -0.132. The number of hydrogen-bond donors (Lipinski definition) is 1. The van der Waals surface area contributed by atoms with E-state index in [1.54, 1.807) is 39.0 Å². The van der Waals surface area contributed by atoms with Crippen LogP contribution in [0.5, 0.6) is 0 Å². The third kappa shape index (κ3) is 3.92. The molecular formula is C25H24N2O6S. The maximum absolute atomic E-state index is 13.3. The van der Waals surface area contributed by atoms with Crippen LogP contribution in [0.25, 0.3) is 5.76 Å². The first kappa shape index (κ1) is 23.4. The maximum Gasteiger partial charge on any atom is 0.350 e. The number of aliphatic hydroxyl groups excluding tert-OH is 1. The van der Waals surface area contributed by atoms with Crippen molar-refractivity contribution in [2.24, 2.45) is 0 Å². The summed E-state index contributed by atoms with van der Waals surface area (Å²) in [4.78, 5) is 44.6. The molecule has 1 amide bonds. The van der Waals surface area contributed by atoms with E-state index >= 15 is 0 Å². The molecule has 176 valence electrons. The number of aliphatic hydroxyl groups is 1. The quantitative estimate of drug-likeness (QED) is 0.242. The number of aromatic nitrogens is 1. The number of nitrogens with zero attached hydrogens (tertiary/aromatic N) is 2. The lowest BCUT2D eigenvalue weighted by atomic mass is 9.96. The first-order valence-electron chi connectivity index (χ1n) is 10.7. The van der Waals surface area contributed by atoms with Gasteiger partial charge in [0.1, 0.15) is 28.2 Å². The van der Waals surface area contributed by atoms with E-state index in [0.29, 0.717) is 22.8 Å². The van der Waals surface area contributed by atoms with E-state index < -0.39 is 23.7 Å². The van der Waals surface area contributed by atoms with Gasteiger partial charge in [-0.05, 0) is 58.4 Å². The van der Waals surface area contributed by atoms with E-state index in [2.05, 4.69) is 4.98 Å². The van der Waals surface area contributed by atoms with Crippen LogP contribution in [-0.2, 0) is 14.3 Å². The number of amides is 1. The Labute approximate surface area is 200 Å². The molecule has 4 rings (SSSR count). The van der Waals surface area contributed by atoms with Crippen molar-refractivity contribution in [1.29, 1.82) is 0 Å². The van der Waals surface area contributed by atoms with Gasteiger partial charge in [0.25, 0.3) is 5.78 Å². The largest absolute Gasteiger partial charge is 0.507 e. The molecule has 34 heavy (non-hydrogen) atoms. The Balaban J connectivity index is 1.93. The molecule has 0 saturated carbocycles. The third-order valence-electron chi connectivity index (χ3n) is 5.58. The van der Waals surface area contributed by atoms with Gasteiger partial charge in [-0.3, -0.25) is 14.5 Å². The molecule has 0 radical (unpaired) electrons. The van der Waals surface area contributed by atoms with E-state index in [1.165, 1.54) is 4.90 Å². The number of furan rings is 1. The fourth-order valence-electron chi connectivity index (χ4n) is 3.91. The molecule has 0 unspecified atom stereocenters. The fraction of sp³-hybridized carbons (Fsp3) is 0.280. The minimum absolute atomic E-state index is 0.0985. The van der Waals surface area contributed by atoms with Crippen LogP contribution in [0.2, 0.25) is 0 Å². The number of rotatable bonds is 5. The molecule has 1 aromatic carbocycles. The van der Waals surface area contributed by atoms with E-state index in [1.807, 2.05) is 26.0 Å². The van der Waals surface area contributed by atoms with Crippen LogP contribution in [0.3, 0.4) is 0 Å². The van der Waals surface area contributed by atoms with Gasteiger partial charge in [0.05, 0.1) is 17.9 Å². The molecule has 3 heterocycles. The van der Waals surface area contributed by atoms with Gasteiger partial charge in [-0.15, -0.1) is 0 Å². The topological polar surface area (TPSA) is 110 Å². The Kier molecular flexibility index (Phi) is 6.14. The van der Waals surface area contributed by atoms with Gasteiger partial charge in [0.15, 0.2) is 5.13 Å². The van der Waals surface area contributed by atoms with E-state index in [0.717, 1.165) is 22.5 Å². The lowest BCUT2D eigenvalue weighted by Gasteiger charge is -2.21. The van der Waals surface area contributed by atoms with Gasteiger partial charge in [0, 0.05) is 5.56 Å². The van der Waals surface area contributed by atoms with Crippen molar-refractivity contribution in [2.75, 3.05) is 11.5 Å². The van der Waals surface area contributed by atoms with E-state index in [-0.39, 0.29) is 27.9 Å². The number of benzene rings is 1. The highest BCUT2D eigenvalue weighted by Crippen LogP contribution is 2.44. The first-order valence-corrected chi connectivity index (χ1v) is 11.5. The van der Waals surface area contributed by atoms with Crippen molar-refractivity contribution < 1.29 is 28.6 Å². The number of ketones is 1. The molecule has 1 saturated heterocycles. The van der Waals surface area contributed by atoms with Crippen LogP contribution in [-0.4, -0.2) is 34.4 Å². The normalized spacial score (nSPS) is 17.4. The van der Waals surface area contributed by atoms with Crippen molar-refractivity contribution in [3.8, 4) is 0 Å².